The number of nitrogens with two attached hydrogens (primary N) is 1. The van der Waals surface area contributed by atoms with Gasteiger partial charge in [-0.25, -0.2) is 0 Å². The van der Waals surface area contributed by atoms with Crippen LogP contribution in [0.2, 0.25) is 0 Å². The Morgan fingerprint density at radius 2 is 2.05 bits per heavy atom. The van der Waals surface area contributed by atoms with Gasteiger partial charge in [-0.05, 0) is 50.8 Å². The smallest absolute Gasteiger partial charge is 0.0547 e. The van der Waals surface area contributed by atoms with Gasteiger partial charge in [-0.3, -0.25) is 9.88 Å². The topological polar surface area (TPSA) is 42.1 Å². The van der Waals surface area contributed by atoms with Crippen molar-refractivity contribution >= 4 is 0 Å². The molecule has 1 saturated carbocycles. The number of pyridine rings is 1. The Balaban J connectivity index is 2.12. The van der Waals surface area contributed by atoms with Crippen molar-refractivity contribution in [1.82, 2.24) is 9.88 Å². The Morgan fingerprint density at radius 3 is 2.58 bits per heavy atom. The summed E-state index contributed by atoms with van der Waals surface area (Å²) in [6, 6.07) is 6.23. The molecule has 2 N–H and O–H groups in total. The summed E-state index contributed by atoms with van der Waals surface area (Å²) in [5.74, 6) is 0. The molecule has 0 amide bonds. The molecular weight excluding hydrogens is 234 g/mol. The first kappa shape index (κ1) is 14.5. The van der Waals surface area contributed by atoms with Crippen molar-refractivity contribution in [3.05, 3.63) is 29.6 Å². The van der Waals surface area contributed by atoms with Gasteiger partial charge in [0.1, 0.15) is 0 Å². The SMILES string of the molecule is Cc1cccc(CN(C)C2(CN)CCC(C)(C)C2)n1. The van der Waals surface area contributed by atoms with Gasteiger partial charge in [0.25, 0.3) is 0 Å². The van der Waals surface area contributed by atoms with E-state index in [4.69, 9.17) is 5.73 Å². The molecule has 1 atom stereocenters. The second-order valence-corrected chi connectivity index (χ2v) is 6.90. The van der Waals surface area contributed by atoms with Gasteiger partial charge in [-0.2, -0.15) is 0 Å². The molecule has 1 unspecified atom stereocenters. The van der Waals surface area contributed by atoms with Crippen LogP contribution in [0.4, 0.5) is 0 Å². The summed E-state index contributed by atoms with van der Waals surface area (Å²) in [5, 5.41) is 0. The van der Waals surface area contributed by atoms with Crippen LogP contribution in [0.15, 0.2) is 18.2 Å². The number of aryl methyl sites for hydroxylation is 1. The molecule has 0 radical (unpaired) electrons. The zero-order chi connectivity index (χ0) is 14.1. The van der Waals surface area contributed by atoms with Crippen molar-refractivity contribution in [2.24, 2.45) is 11.1 Å². The minimum absolute atomic E-state index is 0.148. The number of nitrogens with zero attached hydrogens (tertiary/aromatic N) is 2. The normalized spacial score (nSPS) is 26.0. The minimum Gasteiger partial charge on any atom is -0.329 e. The van der Waals surface area contributed by atoms with E-state index in [-0.39, 0.29) is 5.54 Å². The number of rotatable bonds is 4. The Labute approximate surface area is 117 Å². The van der Waals surface area contributed by atoms with Gasteiger partial charge in [-0.15, -0.1) is 0 Å². The van der Waals surface area contributed by atoms with Crippen molar-refractivity contribution in [2.45, 2.75) is 52.1 Å². The molecule has 1 heterocycles. The minimum atomic E-state index is 0.148. The maximum Gasteiger partial charge on any atom is 0.0547 e. The van der Waals surface area contributed by atoms with Crippen molar-refractivity contribution in [2.75, 3.05) is 13.6 Å². The van der Waals surface area contributed by atoms with Gasteiger partial charge < -0.3 is 5.73 Å². The lowest BCUT2D eigenvalue weighted by molar-refractivity contribution is 0.110. The quantitative estimate of drug-likeness (QED) is 0.906. The number of likely N-dealkylation sites (N-methyl/N-ethyl adjacent to an activating group) is 1. The monoisotopic (exact) mass is 261 g/mol. The van der Waals surface area contributed by atoms with Crippen LogP contribution in [0, 0.1) is 12.3 Å². The average molecular weight is 261 g/mol. The molecule has 1 fully saturated rings. The molecule has 1 aromatic rings. The highest BCUT2D eigenvalue weighted by atomic mass is 15.2. The highest BCUT2D eigenvalue weighted by Gasteiger charge is 2.44. The fourth-order valence-corrected chi connectivity index (χ4v) is 3.39. The van der Waals surface area contributed by atoms with Crippen molar-refractivity contribution in [3.63, 3.8) is 0 Å². The molecule has 1 aliphatic carbocycles. The van der Waals surface area contributed by atoms with Crippen LogP contribution in [0.3, 0.4) is 0 Å². The standard InChI is InChI=1S/C16H27N3/c1-13-6-5-7-14(18-13)10-19(4)16(12-17)9-8-15(2,3)11-16/h5-7H,8-12,17H2,1-4H3. The Bertz CT molecular complexity index is 441. The van der Waals surface area contributed by atoms with Crippen molar-refractivity contribution < 1.29 is 0 Å². The average Bonchev–Trinajstić information content (AvgIpc) is 2.66. The van der Waals surface area contributed by atoms with E-state index >= 15 is 0 Å². The van der Waals surface area contributed by atoms with Gasteiger partial charge in [-0.1, -0.05) is 19.9 Å². The van der Waals surface area contributed by atoms with Crippen molar-refractivity contribution in [1.29, 1.82) is 0 Å². The summed E-state index contributed by atoms with van der Waals surface area (Å²) >= 11 is 0. The molecule has 0 saturated heterocycles. The summed E-state index contributed by atoms with van der Waals surface area (Å²) in [5.41, 5.74) is 8.89. The first-order chi connectivity index (χ1) is 8.87. The summed E-state index contributed by atoms with van der Waals surface area (Å²) in [6.45, 7) is 8.36. The molecule has 0 aromatic carbocycles. The summed E-state index contributed by atoms with van der Waals surface area (Å²) in [7, 11) is 2.19. The van der Waals surface area contributed by atoms with E-state index in [0.29, 0.717) is 5.41 Å². The van der Waals surface area contributed by atoms with E-state index in [2.05, 4.69) is 42.9 Å². The summed E-state index contributed by atoms with van der Waals surface area (Å²) in [4.78, 5) is 7.02. The Hall–Kier alpha value is -0.930. The van der Waals surface area contributed by atoms with E-state index in [0.717, 1.165) is 24.5 Å². The van der Waals surface area contributed by atoms with E-state index < -0.39 is 0 Å². The molecule has 1 aliphatic rings. The van der Waals surface area contributed by atoms with Crippen LogP contribution in [-0.2, 0) is 6.54 Å². The maximum absolute atomic E-state index is 6.11. The highest BCUT2D eigenvalue weighted by Crippen LogP contribution is 2.46. The number of aromatic nitrogens is 1. The van der Waals surface area contributed by atoms with Gasteiger partial charge in [0, 0.05) is 24.3 Å². The van der Waals surface area contributed by atoms with Crippen LogP contribution in [0.25, 0.3) is 0 Å². The molecule has 0 aliphatic heterocycles. The second kappa shape index (κ2) is 5.22. The first-order valence-corrected chi connectivity index (χ1v) is 7.21. The zero-order valence-corrected chi connectivity index (χ0v) is 12.7. The van der Waals surface area contributed by atoms with Crippen LogP contribution in [0.1, 0.15) is 44.5 Å². The lowest BCUT2D eigenvalue weighted by Crippen LogP contribution is -2.50. The number of hydrogen-bond donors (Lipinski definition) is 1. The molecule has 0 spiro atoms. The molecule has 2 rings (SSSR count). The third-order valence-electron chi connectivity index (χ3n) is 4.61. The third-order valence-corrected chi connectivity index (χ3v) is 4.61. The summed E-state index contributed by atoms with van der Waals surface area (Å²) in [6.07, 6.45) is 3.63. The van der Waals surface area contributed by atoms with Gasteiger partial charge in [0.2, 0.25) is 0 Å². The zero-order valence-electron chi connectivity index (χ0n) is 12.7. The lowest BCUT2D eigenvalue weighted by atomic mass is 9.87. The third kappa shape index (κ3) is 3.15. The van der Waals surface area contributed by atoms with Crippen LogP contribution in [-0.4, -0.2) is 29.0 Å². The van der Waals surface area contributed by atoms with Crippen LogP contribution < -0.4 is 5.73 Å². The largest absolute Gasteiger partial charge is 0.329 e. The van der Waals surface area contributed by atoms with E-state index in [1.807, 2.05) is 13.0 Å². The Kier molecular flexibility index (Phi) is 3.98. The van der Waals surface area contributed by atoms with Crippen molar-refractivity contribution in [3.8, 4) is 0 Å². The van der Waals surface area contributed by atoms with E-state index in [9.17, 15) is 0 Å². The second-order valence-electron chi connectivity index (χ2n) is 6.90. The molecule has 3 nitrogen and oxygen atoms in total. The lowest BCUT2D eigenvalue weighted by Gasteiger charge is -2.39. The Morgan fingerprint density at radius 1 is 1.32 bits per heavy atom. The van der Waals surface area contributed by atoms with Gasteiger partial charge >= 0.3 is 0 Å². The van der Waals surface area contributed by atoms with Crippen LogP contribution in [0.5, 0.6) is 0 Å². The predicted octanol–water partition coefficient (Wildman–Crippen LogP) is 2.73. The molecular formula is C16H27N3. The first-order valence-electron chi connectivity index (χ1n) is 7.21. The highest BCUT2D eigenvalue weighted by molar-refractivity contribution is 5.11. The predicted molar refractivity (Wildman–Crippen MR) is 79.9 cm³/mol. The summed E-state index contributed by atoms with van der Waals surface area (Å²) < 4.78 is 0. The maximum atomic E-state index is 6.11. The molecule has 106 valence electrons. The fraction of sp³-hybridized carbons (Fsp3) is 0.688. The van der Waals surface area contributed by atoms with Crippen LogP contribution >= 0.6 is 0 Å². The molecule has 19 heavy (non-hydrogen) atoms. The molecule has 1 aromatic heterocycles. The fourth-order valence-electron chi connectivity index (χ4n) is 3.39. The molecule has 3 heteroatoms. The van der Waals surface area contributed by atoms with Gasteiger partial charge in [0.05, 0.1) is 5.69 Å². The van der Waals surface area contributed by atoms with E-state index in [1.165, 1.54) is 19.3 Å². The van der Waals surface area contributed by atoms with E-state index in [1.54, 1.807) is 0 Å². The number of hydrogen-bond acceptors (Lipinski definition) is 3. The molecule has 0 bridgehead atoms. The van der Waals surface area contributed by atoms with Gasteiger partial charge in [0.15, 0.2) is 0 Å².